The second kappa shape index (κ2) is 8.69. The number of hydrogen-bond donors (Lipinski definition) is 2. The van der Waals surface area contributed by atoms with E-state index in [9.17, 15) is 5.11 Å². The number of hydrogen-bond acceptors (Lipinski definition) is 4. The van der Waals surface area contributed by atoms with E-state index in [0.717, 1.165) is 16.9 Å². The standard InChI is InChI=1S/C15H23NO3/c1-12(2)11-19-8-7-16-10-15(17)13-5-4-6-14(9-13)18-3/h4-6,9,15-17H,1,7-8,10-11H2,2-3H3. The van der Waals surface area contributed by atoms with Gasteiger partial charge in [0.05, 0.1) is 26.4 Å². The van der Waals surface area contributed by atoms with Crippen molar-refractivity contribution in [2.75, 3.05) is 33.4 Å². The van der Waals surface area contributed by atoms with E-state index < -0.39 is 6.10 Å². The summed E-state index contributed by atoms with van der Waals surface area (Å²) in [4.78, 5) is 0. The summed E-state index contributed by atoms with van der Waals surface area (Å²) in [6.45, 7) is 8.08. The Bertz CT molecular complexity index is 393. The molecule has 0 aliphatic heterocycles. The maximum absolute atomic E-state index is 10.0. The molecule has 0 amide bonds. The molecule has 0 radical (unpaired) electrons. The van der Waals surface area contributed by atoms with Crippen LogP contribution in [0.3, 0.4) is 0 Å². The van der Waals surface area contributed by atoms with Crippen LogP contribution in [0.25, 0.3) is 0 Å². The van der Waals surface area contributed by atoms with Gasteiger partial charge >= 0.3 is 0 Å². The lowest BCUT2D eigenvalue weighted by Gasteiger charge is -2.13. The molecule has 4 heteroatoms. The number of rotatable bonds is 9. The van der Waals surface area contributed by atoms with Crippen LogP contribution in [0.1, 0.15) is 18.6 Å². The molecule has 0 bridgehead atoms. The van der Waals surface area contributed by atoms with Gasteiger partial charge in [-0.1, -0.05) is 24.3 Å². The highest BCUT2D eigenvalue weighted by atomic mass is 16.5. The van der Waals surface area contributed by atoms with Gasteiger partial charge in [-0.05, 0) is 24.6 Å². The van der Waals surface area contributed by atoms with Gasteiger partial charge in [0.15, 0.2) is 0 Å². The van der Waals surface area contributed by atoms with Crippen molar-refractivity contribution >= 4 is 0 Å². The number of methoxy groups -OCH3 is 1. The molecule has 0 fully saturated rings. The molecule has 1 rings (SSSR count). The van der Waals surface area contributed by atoms with E-state index in [1.807, 2.05) is 31.2 Å². The average molecular weight is 265 g/mol. The summed E-state index contributed by atoms with van der Waals surface area (Å²) in [7, 11) is 1.61. The van der Waals surface area contributed by atoms with Crippen LogP contribution in [0.2, 0.25) is 0 Å². The zero-order valence-corrected chi connectivity index (χ0v) is 11.7. The van der Waals surface area contributed by atoms with E-state index >= 15 is 0 Å². The third kappa shape index (κ3) is 6.38. The molecule has 0 heterocycles. The highest BCUT2D eigenvalue weighted by Crippen LogP contribution is 2.18. The van der Waals surface area contributed by atoms with Gasteiger partial charge in [-0.3, -0.25) is 0 Å². The topological polar surface area (TPSA) is 50.7 Å². The van der Waals surface area contributed by atoms with Crippen LogP contribution in [0.5, 0.6) is 5.75 Å². The molecule has 0 saturated heterocycles. The lowest BCUT2D eigenvalue weighted by atomic mass is 10.1. The van der Waals surface area contributed by atoms with Crippen molar-refractivity contribution in [2.45, 2.75) is 13.0 Å². The van der Waals surface area contributed by atoms with E-state index in [-0.39, 0.29) is 0 Å². The van der Waals surface area contributed by atoms with Crippen molar-refractivity contribution in [2.24, 2.45) is 0 Å². The third-order valence-corrected chi connectivity index (χ3v) is 2.59. The van der Waals surface area contributed by atoms with Crippen molar-refractivity contribution in [3.63, 3.8) is 0 Å². The number of benzene rings is 1. The van der Waals surface area contributed by atoms with E-state index in [1.54, 1.807) is 7.11 Å². The van der Waals surface area contributed by atoms with Gasteiger partial charge in [0.2, 0.25) is 0 Å². The van der Waals surface area contributed by atoms with Crippen LogP contribution >= 0.6 is 0 Å². The molecule has 0 saturated carbocycles. The van der Waals surface area contributed by atoms with Crippen molar-refractivity contribution in [3.8, 4) is 5.75 Å². The number of aliphatic hydroxyl groups excluding tert-OH is 1. The lowest BCUT2D eigenvalue weighted by Crippen LogP contribution is -2.25. The van der Waals surface area contributed by atoms with Crippen molar-refractivity contribution in [1.29, 1.82) is 0 Å². The Morgan fingerprint density at radius 3 is 2.95 bits per heavy atom. The van der Waals surface area contributed by atoms with Crippen LogP contribution < -0.4 is 10.1 Å². The lowest BCUT2D eigenvalue weighted by molar-refractivity contribution is 0.143. The first-order chi connectivity index (χ1) is 9.13. The van der Waals surface area contributed by atoms with E-state index in [2.05, 4.69) is 11.9 Å². The molecule has 2 N–H and O–H groups in total. The number of aliphatic hydroxyl groups is 1. The molecule has 1 aromatic rings. The Morgan fingerprint density at radius 1 is 1.47 bits per heavy atom. The Kier molecular flexibility index (Phi) is 7.18. The van der Waals surface area contributed by atoms with E-state index in [0.29, 0.717) is 26.3 Å². The van der Waals surface area contributed by atoms with Crippen LogP contribution in [0, 0.1) is 0 Å². The number of ether oxygens (including phenoxy) is 2. The predicted molar refractivity (Wildman–Crippen MR) is 76.5 cm³/mol. The fraction of sp³-hybridized carbons (Fsp3) is 0.467. The van der Waals surface area contributed by atoms with Gasteiger partial charge in [-0.2, -0.15) is 0 Å². The predicted octanol–water partition coefficient (Wildman–Crippen LogP) is 1.91. The first-order valence-electron chi connectivity index (χ1n) is 6.38. The third-order valence-electron chi connectivity index (χ3n) is 2.59. The zero-order valence-electron chi connectivity index (χ0n) is 11.7. The fourth-order valence-electron chi connectivity index (χ4n) is 1.60. The molecule has 0 aliphatic rings. The monoisotopic (exact) mass is 265 g/mol. The second-order valence-electron chi connectivity index (χ2n) is 4.51. The van der Waals surface area contributed by atoms with E-state index in [4.69, 9.17) is 9.47 Å². The maximum atomic E-state index is 10.0. The van der Waals surface area contributed by atoms with Crippen molar-refractivity contribution in [1.82, 2.24) is 5.32 Å². The Hall–Kier alpha value is -1.36. The minimum absolute atomic E-state index is 0.490. The largest absolute Gasteiger partial charge is 0.497 e. The molecule has 1 atom stereocenters. The molecule has 0 aliphatic carbocycles. The summed E-state index contributed by atoms with van der Waals surface area (Å²) < 4.78 is 10.5. The van der Waals surface area contributed by atoms with Gasteiger partial charge in [0.25, 0.3) is 0 Å². The molecule has 0 aromatic heterocycles. The van der Waals surface area contributed by atoms with Crippen LogP contribution in [0.15, 0.2) is 36.4 Å². The van der Waals surface area contributed by atoms with Gasteiger partial charge in [0.1, 0.15) is 5.75 Å². The molecule has 4 nitrogen and oxygen atoms in total. The van der Waals surface area contributed by atoms with Crippen LogP contribution in [-0.2, 0) is 4.74 Å². The Labute approximate surface area is 115 Å². The number of nitrogens with one attached hydrogen (secondary N) is 1. The fourth-order valence-corrected chi connectivity index (χ4v) is 1.60. The summed E-state index contributed by atoms with van der Waals surface area (Å²) in [5, 5.41) is 13.2. The van der Waals surface area contributed by atoms with Gasteiger partial charge in [-0.15, -0.1) is 0 Å². The summed E-state index contributed by atoms with van der Waals surface area (Å²) in [6.07, 6.45) is -0.545. The van der Waals surface area contributed by atoms with Gasteiger partial charge in [0, 0.05) is 13.1 Å². The quantitative estimate of drug-likeness (QED) is 0.529. The summed E-state index contributed by atoms with van der Waals surface area (Å²) in [5.41, 5.74) is 1.85. The van der Waals surface area contributed by atoms with Crippen molar-refractivity contribution < 1.29 is 14.6 Å². The zero-order chi connectivity index (χ0) is 14.1. The molecular weight excluding hydrogens is 242 g/mol. The van der Waals surface area contributed by atoms with Crippen LogP contribution in [0.4, 0.5) is 0 Å². The van der Waals surface area contributed by atoms with E-state index in [1.165, 1.54) is 0 Å². The SMILES string of the molecule is C=C(C)COCCNCC(O)c1cccc(OC)c1. The second-order valence-corrected chi connectivity index (χ2v) is 4.51. The summed E-state index contributed by atoms with van der Waals surface area (Å²) >= 11 is 0. The molecule has 1 aromatic carbocycles. The van der Waals surface area contributed by atoms with Crippen molar-refractivity contribution in [3.05, 3.63) is 42.0 Å². The van der Waals surface area contributed by atoms with Crippen LogP contribution in [-0.4, -0.2) is 38.5 Å². The first-order valence-corrected chi connectivity index (χ1v) is 6.38. The molecular formula is C15H23NO3. The Balaban J connectivity index is 2.23. The minimum atomic E-state index is -0.545. The Morgan fingerprint density at radius 2 is 2.26 bits per heavy atom. The van der Waals surface area contributed by atoms with Gasteiger partial charge in [-0.25, -0.2) is 0 Å². The molecule has 0 spiro atoms. The first kappa shape index (κ1) is 15.7. The highest BCUT2D eigenvalue weighted by molar-refractivity contribution is 5.29. The smallest absolute Gasteiger partial charge is 0.119 e. The minimum Gasteiger partial charge on any atom is -0.497 e. The summed E-state index contributed by atoms with van der Waals surface area (Å²) in [6, 6.07) is 7.44. The molecule has 106 valence electrons. The summed E-state index contributed by atoms with van der Waals surface area (Å²) in [5.74, 6) is 0.751. The maximum Gasteiger partial charge on any atom is 0.119 e. The van der Waals surface area contributed by atoms with Gasteiger partial charge < -0.3 is 19.9 Å². The molecule has 1 unspecified atom stereocenters. The highest BCUT2D eigenvalue weighted by Gasteiger charge is 2.07. The average Bonchev–Trinajstić information content (AvgIpc) is 2.42. The normalized spacial score (nSPS) is 12.2. The molecule has 19 heavy (non-hydrogen) atoms.